The molecule has 2 rings (SSSR count). The van der Waals surface area contributed by atoms with Crippen LogP contribution in [0.1, 0.15) is 0 Å². The van der Waals surface area contributed by atoms with Gasteiger partial charge in [-0.05, 0) is 16.5 Å². The van der Waals surface area contributed by atoms with Crippen LogP contribution in [0.4, 0.5) is 11.4 Å². The summed E-state index contributed by atoms with van der Waals surface area (Å²) in [5, 5.41) is 0. The first kappa shape index (κ1) is 22.0. The summed E-state index contributed by atoms with van der Waals surface area (Å²) in [7, 11) is -2.55. The van der Waals surface area contributed by atoms with Crippen LogP contribution in [0.3, 0.4) is 0 Å². The van der Waals surface area contributed by atoms with Gasteiger partial charge in [0.05, 0.1) is 0 Å². The second kappa shape index (κ2) is 9.99. The van der Waals surface area contributed by atoms with Gasteiger partial charge in [0.15, 0.2) is 0 Å². The van der Waals surface area contributed by atoms with Crippen LogP contribution in [-0.2, 0) is 17.4 Å². The molecule has 0 saturated heterocycles. The zero-order valence-electron chi connectivity index (χ0n) is 15.1. The number of benzene rings is 2. The first-order valence-corrected chi connectivity index (χ1v) is 14.6. The van der Waals surface area contributed by atoms with Gasteiger partial charge in [-0.15, -0.1) is 11.4 Å². The first-order chi connectivity index (χ1) is 10.2. The second-order valence-corrected chi connectivity index (χ2v) is 16.4. The van der Waals surface area contributed by atoms with Crippen molar-refractivity contribution < 1.29 is 17.4 Å². The van der Waals surface area contributed by atoms with Crippen LogP contribution < -0.4 is 0 Å². The van der Waals surface area contributed by atoms with Gasteiger partial charge in [-0.1, -0.05) is 99.9 Å². The van der Waals surface area contributed by atoms with Crippen LogP contribution in [0.25, 0.3) is 9.96 Å². The van der Waals surface area contributed by atoms with E-state index in [0.717, 1.165) is 11.4 Å². The number of nitrogens with zero attached hydrogens (tertiary/aromatic N) is 2. The Labute approximate surface area is 155 Å². The molecule has 0 aliphatic heterocycles. The van der Waals surface area contributed by atoms with Crippen LogP contribution in [0.5, 0.6) is 0 Å². The molecule has 0 N–H and O–H groups in total. The molecular formula is C18H28CrN2Si2. The Morgan fingerprint density at radius 1 is 0.522 bits per heavy atom. The summed E-state index contributed by atoms with van der Waals surface area (Å²) >= 11 is 0. The third-order valence-corrected chi connectivity index (χ3v) is 4.30. The van der Waals surface area contributed by atoms with Crippen LogP contribution >= 0.6 is 0 Å². The third-order valence-electron chi connectivity index (χ3n) is 2.44. The standard InChI is InChI=1S/2C9H14NSi.Cr/c2*1-11(2,3)10-9-7-5-4-6-8-9;/h2*4-8H,1-3H3;/q2*-1;+2. The molecular weight excluding hydrogens is 352 g/mol. The predicted molar refractivity (Wildman–Crippen MR) is 106 cm³/mol. The van der Waals surface area contributed by atoms with Crippen molar-refractivity contribution >= 4 is 27.8 Å². The van der Waals surface area contributed by atoms with Gasteiger partial charge in [-0.25, -0.2) is 0 Å². The number of rotatable bonds is 4. The Morgan fingerprint density at radius 3 is 1.00 bits per heavy atom. The Kier molecular flexibility index (Phi) is 9.56. The monoisotopic (exact) mass is 380 g/mol. The predicted octanol–water partition coefficient (Wildman–Crippen LogP) is 7.05. The van der Waals surface area contributed by atoms with Gasteiger partial charge in [0.1, 0.15) is 0 Å². The maximum absolute atomic E-state index is 4.63. The Balaban J connectivity index is 0.000000403. The maximum Gasteiger partial charge on any atom is 2.00 e. The van der Waals surface area contributed by atoms with Crippen LogP contribution in [-0.4, -0.2) is 16.5 Å². The minimum Gasteiger partial charge on any atom is -0.687 e. The SMILES string of the molecule is C[Si](C)(C)[N-]c1ccccc1.C[Si](C)(C)[N-]c1ccccc1.[Cr+2]. The Bertz CT molecular complexity index is 483. The van der Waals surface area contributed by atoms with E-state index in [1.165, 1.54) is 0 Å². The molecule has 23 heavy (non-hydrogen) atoms. The summed E-state index contributed by atoms with van der Waals surface area (Å²) in [4.78, 5) is 9.26. The van der Waals surface area contributed by atoms with Crippen molar-refractivity contribution in [2.75, 3.05) is 0 Å². The second-order valence-electron chi connectivity index (χ2n) is 7.24. The summed E-state index contributed by atoms with van der Waals surface area (Å²) < 4.78 is 0. The number of hydrogen-bond donors (Lipinski definition) is 0. The number of hydrogen-bond acceptors (Lipinski definition) is 0. The normalized spacial score (nSPS) is 10.7. The van der Waals surface area contributed by atoms with E-state index in [0.29, 0.717) is 0 Å². The van der Waals surface area contributed by atoms with Gasteiger partial charge in [0.25, 0.3) is 0 Å². The fourth-order valence-corrected chi connectivity index (χ4v) is 3.63. The van der Waals surface area contributed by atoms with E-state index in [4.69, 9.17) is 0 Å². The van der Waals surface area contributed by atoms with Gasteiger partial charge < -0.3 is 9.96 Å². The Hall–Kier alpha value is -0.994. The van der Waals surface area contributed by atoms with Crippen LogP contribution in [0, 0.1) is 0 Å². The summed E-state index contributed by atoms with van der Waals surface area (Å²) in [6.45, 7) is 13.4. The van der Waals surface area contributed by atoms with E-state index < -0.39 is 16.5 Å². The van der Waals surface area contributed by atoms with Crippen molar-refractivity contribution in [2.45, 2.75) is 39.3 Å². The van der Waals surface area contributed by atoms with Crippen molar-refractivity contribution in [3.05, 3.63) is 70.6 Å². The molecule has 2 aromatic rings. The summed E-state index contributed by atoms with van der Waals surface area (Å²) in [5.74, 6) is 0. The van der Waals surface area contributed by atoms with Crippen molar-refractivity contribution in [1.82, 2.24) is 0 Å². The molecule has 2 aromatic carbocycles. The molecule has 0 radical (unpaired) electrons. The minimum atomic E-state index is -1.27. The van der Waals surface area contributed by atoms with E-state index in [9.17, 15) is 0 Å². The quantitative estimate of drug-likeness (QED) is 0.508. The Morgan fingerprint density at radius 2 is 0.783 bits per heavy atom. The molecule has 0 aliphatic rings. The molecule has 0 bridgehead atoms. The van der Waals surface area contributed by atoms with E-state index >= 15 is 0 Å². The van der Waals surface area contributed by atoms with E-state index in [-0.39, 0.29) is 17.4 Å². The largest absolute Gasteiger partial charge is 2.00 e. The summed E-state index contributed by atoms with van der Waals surface area (Å²) in [5.41, 5.74) is 2.23. The maximum atomic E-state index is 4.63. The average molecular weight is 381 g/mol. The molecule has 0 aromatic heterocycles. The molecule has 0 aliphatic carbocycles. The zero-order chi connectivity index (χ0) is 16.6. The molecule has 0 unspecified atom stereocenters. The van der Waals surface area contributed by atoms with Crippen molar-refractivity contribution in [3.63, 3.8) is 0 Å². The molecule has 0 atom stereocenters. The molecule has 0 fully saturated rings. The molecule has 0 amide bonds. The van der Waals surface area contributed by atoms with Gasteiger partial charge in [0, 0.05) is 0 Å². The molecule has 0 saturated carbocycles. The van der Waals surface area contributed by atoms with Crippen LogP contribution in [0.2, 0.25) is 39.3 Å². The van der Waals surface area contributed by atoms with Crippen molar-refractivity contribution in [1.29, 1.82) is 0 Å². The van der Waals surface area contributed by atoms with E-state index in [1.807, 2.05) is 36.4 Å². The minimum absolute atomic E-state index is 0. The first-order valence-electron chi connectivity index (χ1n) is 7.72. The molecule has 124 valence electrons. The van der Waals surface area contributed by atoms with Crippen molar-refractivity contribution in [2.24, 2.45) is 0 Å². The fourth-order valence-electron chi connectivity index (χ4n) is 1.78. The molecule has 5 heteroatoms. The van der Waals surface area contributed by atoms with Gasteiger partial charge >= 0.3 is 17.4 Å². The van der Waals surface area contributed by atoms with E-state index in [2.05, 4.69) is 73.5 Å². The molecule has 0 heterocycles. The van der Waals surface area contributed by atoms with Gasteiger partial charge in [-0.3, -0.25) is 0 Å². The smallest absolute Gasteiger partial charge is 0.687 e. The average Bonchev–Trinajstić information content (AvgIpc) is 2.38. The van der Waals surface area contributed by atoms with Gasteiger partial charge in [0.2, 0.25) is 0 Å². The summed E-state index contributed by atoms with van der Waals surface area (Å²) in [6.07, 6.45) is 0. The topological polar surface area (TPSA) is 28.2 Å². The van der Waals surface area contributed by atoms with Gasteiger partial charge in [-0.2, -0.15) is 0 Å². The third kappa shape index (κ3) is 12.1. The molecule has 0 spiro atoms. The van der Waals surface area contributed by atoms with E-state index in [1.54, 1.807) is 0 Å². The summed E-state index contributed by atoms with van der Waals surface area (Å²) in [6, 6.07) is 20.4. The fraction of sp³-hybridized carbons (Fsp3) is 0.333. The van der Waals surface area contributed by atoms with Crippen molar-refractivity contribution in [3.8, 4) is 0 Å². The van der Waals surface area contributed by atoms with Crippen LogP contribution in [0.15, 0.2) is 60.7 Å². The molecule has 2 nitrogen and oxygen atoms in total. The zero-order valence-corrected chi connectivity index (χ0v) is 18.4.